The van der Waals surface area contributed by atoms with Crippen molar-refractivity contribution in [3.05, 3.63) is 46.3 Å². The van der Waals surface area contributed by atoms with Crippen LogP contribution >= 0.6 is 11.8 Å². The Morgan fingerprint density at radius 2 is 1.10 bits per heavy atom. The first kappa shape index (κ1) is 65.4. The van der Waals surface area contributed by atoms with E-state index in [1.165, 1.54) is 11.8 Å². The minimum absolute atomic E-state index is 0.0312. The van der Waals surface area contributed by atoms with Gasteiger partial charge in [0.1, 0.15) is 36.1 Å². The number of hydrogen-bond acceptors (Lipinski definition) is 21. The van der Waals surface area contributed by atoms with Gasteiger partial charge in [0.05, 0.1) is 63.0 Å². The molecule has 8 atom stereocenters. The van der Waals surface area contributed by atoms with Gasteiger partial charge in [-0.1, -0.05) is 53.0 Å². The van der Waals surface area contributed by atoms with Crippen molar-refractivity contribution in [2.45, 2.75) is 172 Å². The second kappa shape index (κ2) is 36.3. The number of esters is 6. The van der Waals surface area contributed by atoms with E-state index < -0.39 is 12.0 Å². The first-order valence-corrected chi connectivity index (χ1v) is 26.0. The van der Waals surface area contributed by atoms with Crippen molar-refractivity contribution < 1.29 is 89.8 Å². The lowest BCUT2D eigenvalue weighted by atomic mass is 10.0. The van der Waals surface area contributed by atoms with Crippen LogP contribution in [0.2, 0.25) is 0 Å². The van der Waals surface area contributed by atoms with Crippen molar-refractivity contribution in [2.75, 3.05) is 38.8 Å². The fourth-order valence-electron chi connectivity index (χ4n) is 6.20. The van der Waals surface area contributed by atoms with E-state index in [-0.39, 0.29) is 66.0 Å². The minimum atomic E-state index is -0.625. The Morgan fingerprint density at radius 1 is 0.521 bits per heavy atom. The average Bonchev–Trinajstić information content (AvgIpc) is 4.19. The SMILES string of the molecule is C=C1CC=C(C)O1.CC1CC(=O)O1.CC1CCCC(=O)O1.CC1CCCOC1=O.CC1CCOC(=O)C1.CC1CCOC1=O.CC1CCSC1=O.CC1COC(=O)C1.CC1COC(=O)O1.Cc1oc(=O)oc1C. The van der Waals surface area contributed by atoms with Crippen LogP contribution in [-0.4, -0.2) is 104 Å². The van der Waals surface area contributed by atoms with E-state index in [2.05, 4.69) is 46.0 Å². The third kappa shape index (κ3) is 32.3. The van der Waals surface area contributed by atoms with Gasteiger partial charge in [-0.25, -0.2) is 9.59 Å². The van der Waals surface area contributed by atoms with Gasteiger partial charge in [0, 0.05) is 36.9 Å². The largest absolute Gasteiger partial charge is 0.518 e. The molecule has 10 heterocycles. The molecule has 8 saturated heterocycles. The number of carbonyl (C=O) groups excluding carboxylic acids is 8. The summed E-state index contributed by atoms with van der Waals surface area (Å²) < 4.78 is 51.0. The highest BCUT2D eigenvalue weighted by molar-refractivity contribution is 8.14. The van der Waals surface area contributed by atoms with Crippen molar-refractivity contribution >= 4 is 58.8 Å². The molecule has 0 aliphatic carbocycles. The van der Waals surface area contributed by atoms with Crippen LogP contribution in [0.4, 0.5) is 4.79 Å². The number of allylic oxidation sites excluding steroid dienone is 2. The van der Waals surface area contributed by atoms with Gasteiger partial charge in [-0.2, -0.15) is 0 Å². The number of hydrogen-bond donors (Lipinski definition) is 0. The van der Waals surface area contributed by atoms with E-state index in [4.69, 9.17) is 18.9 Å². The van der Waals surface area contributed by atoms with E-state index in [1.807, 2.05) is 54.5 Å². The van der Waals surface area contributed by atoms with Crippen LogP contribution in [0.15, 0.2) is 37.8 Å². The highest BCUT2D eigenvalue weighted by atomic mass is 32.2. The normalized spacial score (nSPS) is 26.9. The Kier molecular flexibility index (Phi) is 32.6. The molecule has 0 N–H and O–H groups in total. The molecule has 0 aromatic carbocycles. The standard InChI is InChI=1S/3C6H10O2.C6H8O.C5H6O3.2C5H8O2.C5H8OS.C4H6O3.C4H6O2/c1-5-2-3-8-6(7)4-5;1-5-3-2-4-8-6(5)7;1-5-3-2-4-6(7)8-5;1-5-3-4-6(2)7-5;1-3-4(2)8-5(6)7-3;1-4-2-5(6)7-3-4;2*1-4-2-3-7-5(4)6;1-3-2-6-4(5)7-3;1-3-2-4(5)6-3/h3*5H,2-4H2,1H3;4H,1,3H2,2H3;1-2H3;3*4H,2-3H2,1H3;3H,2H2,1H3;3H,2H2,1H3. The monoisotopic (exact) mass is 1060 g/mol. The predicted octanol–water partition coefficient (Wildman–Crippen LogP) is 8.98. The van der Waals surface area contributed by atoms with Crippen LogP contribution in [0.3, 0.4) is 0 Å². The molecular weight excluding hydrogens is 977 g/mol. The molecule has 9 aliphatic rings. The molecular formula is C52H80O20S. The summed E-state index contributed by atoms with van der Waals surface area (Å²) >= 11 is 1.47. The van der Waals surface area contributed by atoms with Crippen molar-refractivity contribution in [1.29, 1.82) is 0 Å². The molecule has 8 fully saturated rings. The maximum Gasteiger partial charge on any atom is 0.518 e. The van der Waals surface area contributed by atoms with E-state index in [9.17, 15) is 43.2 Å². The van der Waals surface area contributed by atoms with E-state index in [0.717, 1.165) is 68.6 Å². The minimum Gasteiger partial charge on any atom is -0.467 e. The number of aryl methyl sites for hydroxylation is 2. The molecule has 20 nitrogen and oxygen atoms in total. The zero-order valence-corrected chi connectivity index (χ0v) is 45.5. The topological polar surface area (TPSA) is 263 Å². The van der Waals surface area contributed by atoms with Crippen molar-refractivity contribution in [3.8, 4) is 0 Å². The summed E-state index contributed by atoms with van der Waals surface area (Å²) in [4.78, 5) is 92.7. The second-order valence-corrected chi connectivity index (χ2v) is 19.7. The van der Waals surface area contributed by atoms with Gasteiger partial charge < -0.3 is 51.5 Å². The molecule has 21 heteroatoms. The summed E-state index contributed by atoms with van der Waals surface area (Å²) in [5.41, 5.74) is 0. The molecule has 0 bridgehead atoms. The number of cyclic esters (lactones) is 8. The third-order valence-corrected chi connectivity index (χ3v) is 12.1. The molecule has 0 spiro atoms. The van der Waals surface area contributed by atoms with Gasteiger partial charge in [-0.15, -0.1) is 0 Å². The van der Waals surface area contributed by atoms with Crippen molar-refractivity contribution in [3.63, 3.8) is 0 Å². The summed E-state index contributed by atoms with van der Waals surface area (Å²) in [7, 11) is 0. The Hall–Kier alpha value is -5.60. The lowest BCUT2D eigenvalue weighted by Gasteiger charge is -2.20. The molecule has 10 rings (SSSR count). The zero-order chi connectivity index (χ0) is 55.0. The Bertz CT molecular complexity index is 1890. The Balaban J connectivity index is 0.000000406. The lowest BCUT2D eigenvalue weighted by molar-refractivity contribution is -0.167. The summed E-state index contributed by atoms with van der Waals surface area (Å²) in [5.74, 6) is 4.71. The van der Waals surface area contributed by atoms with Crippen LogP contribution in [0.1, 0.15) is 151 Å². The molecule has 9 aliphatic heterocycles. The lowest BCUT2D eigenvalue weighted by Crippen LogP contribution is -2.29. The molecule has 1 aromatic rings. The second-order valence-electron chi connectivity index (χ2n) is 18.6. The van der Waals surface area contributed by atoms with Gasteiger partial charge in [0.2, 0.25) is 0 Å². The maximum atomic E-state index is 10.6. The summed E-state index contributed by atoms with van der Waals surface area (Å²) in [6, 6.07) is 0. The van der Waals surface area contributed by atoms with Gasteiger partial charge in [-0.3, -0.25) is 33.6 Å². The van der Waals surface area contributed by atoms with E-state index in [0.29, 0.717) is 93.1 Å². The first-order chi connectivity index (χ1) is 34.3. The average molecular weight is 1060 g/mol. The molecule has 73 heavy (non-hydrogen) atoms. The van der Waals surface area contributed by atoms with Crippen LogP contribution in [-0.2, 0) is 76.2 Å². The highest BCUT2D eigenvalue weighted by Crippen LogP contribution is 2.24. The fourth-order valence-corrected chi connectivity index (χ4v) is 7.27. The number of carbonyl (C=O) groups is 8. The van der Waals surface area contributed by atoms with Gasteiger partial charge in [-0.05, 0) is 98.5 Å². The van der Waals surface area contributed by atoms with Crippen LogP contribution in [0.25, 0.3) is 0 Å². The van der Waals surface area contributed by atoms with Gasteiger partial charge >= 0.3 is 47.8 Å². The van der Waals surface area contributed by atoms with Gasteiger partial charge in [0.15, 0.2) is 5.12 Å². The quantitative estimate of drug-likeness (QED) is 0.173. The fraction of sp³-hybridized carbons (Fsp3) is 0.712. The number of rotatable bonds is 0. The van der Waals surface area contributed by atoms with Crippen molar-refractivity contribution in [1.82, 2.24) is 0 Å². The maximum absolute atomic E-state index is 10.6. The Morgan fingerprint density at radius 3 is 1.30 bits per heavy atom. The molecule has 414 valence electrons. The van der Waals surface area contributed by atoms with Crippen LogP contribution < -0.4 is 5.82 Å². The van der Waals surface area contributed by atoms with Crippen LogP contribution in [0.5, 0.6) is 0 Å². The number of ether oxygens (including phenoxy) is 9. The van der Waals surface area contributed by atoms with E-state index in [1.54, 1.807) is 20.8 Å². The third-order valence-electron chi connectivity index (χ3n) is 11.0. The van der Waals surface area contributed by atoms with E-state index >= 15 is 0 Å². The molecule has 0 radical (unpaired) electrons. The summed E-state index contributed by atoms with van der Waals surface area (Å²) in [6.45, 7) is 27.3. The molecule has 1 aromatic heterocycles. The summed E-state index contributed by atoms with van der Waals surface area (Å²) in [5, 5.41) is 0.375. The zero-order valence-electron chi connectivity index (χ0n) is 44.7. The molecule has 8 unspecified atom stereocenters. The van der Waals surface area contributed by atoms with Gasteiger partial charge in [0.25, 0.3) is 0 Å². The van der Waals surface area contributed by atoms with Crippen LogP contribution in [0, 0.1) is 43.4 Å². The summed E-state index contributed by atoms with van der Waals surface area (Å²) in [6.07, 6.45) is 12.2. The molecule has 0 saturated carbocycles. The highest BCUT2D eigenvalue weighted by Gasteiger charge is 2.24. The Labute approximate surface area is 433 Å². The number of thioether (sulfide) groups is 1. The van der Waals surface area contributed by atoms with Crippen molar-refractivity contribution in [2.24, 2.45) is 29.6 Å². The molecule has 0 amide bonds. The first-order valence-electron chi connectivity index (χ1n) is 25.0. The predicted molar refractivity (Wildman–Crippen MR) is 266 cm³/mol. The smallest absolute Gasteiger partial charge is 0.467 e.